The minimum atomic E-state index is -0.323. The lowest BCUT2D eigenvalue weighted by Gasteiger charge is -2.36. The minimum absolute atomic E-state index is 0.0779. The number of benzene rings is 1. The molecule has 0 unspecified atom stereocenters. The van der Waals surface area contributed by atoms with Gasteiger partial charge < -0.3 is 19.9 Å². The monoisotopic (exact) mass is 581 g/mol. The van der Waals surface area contributed by atoms with Crippen LogP contribution >= 0.6 is 58.1 Å². The Bertz CT molecular complexity index is 1350. The SMILES string of the molecule is COC(=O)c1c(NC(=S)N2CCN(C(=O)c3sc4cc(Cl)ccc4c3Cl)CC2)sc2c1CCCCC2. The zero-order valence-electron chi connectivity index (χ0n) is 19.7. The number of nitrogens with zero attached hydrogens (tertiary/aromatic N) is 2. The van der Waals surface area contributed by atoms with Gasteiger partial charge in [0.1, 0.15) is 9.88 Å². The van der Waals surface area contributed by atoms with Crippen LogP contribution in [0.15, 0.2) is 18.2 Å². The van der Waals surface area contributed by atoms with Gasteiger partial charge in [-0.1, -0.05) is 35.7 Å². The number of esters is 1. The molecule has 3 aromatic rings. The molecule has 1 amide bonds. The molecule has 1 aliphatic heterocycles. The molecule has 2 aromatic heterocycles. The highest BCUT2D eigenvalue weighted by Gasteiger charge is 2.29. The number of carbonyl (C=O) groups excluding carboxylic acids is 2. The lowest BCUT2D eigenvalue weighted by Crippen LogP contribution is -2.51. The van der Waals surface area contributed by atoms with Crippen LogP contribution in [0.5, 0.6) is 0 Å². The first-order chi connectivity index (χ1) is 17.4. The van der Waals surface area contributed by atoms with Crippen molar-refractivity contribution in [1.82, 2.24) is 9.80 Å². The molecule has 3 heterocycles. The Labute approximate surface area is 233 Å². The molecule has 1 aromatic carbocycles. The summed E-state index contributed by atoms with van der Waals surface area (Å²) in [5.74, 6) is -0.401. The van der Waals surface area contributed by atoms with Crippen LogP contribution in [0, 0.1) is 0 Å². The quantitative estimate of drug-likeness (QED) is 0.217. The predicted octanol–water partition coefficient (Wildman–Crippen LogP) is 6.48. The maximum Gasteiger partial charge on any atom is 0.341 e. The van der Waals surface area contributed by atoms with Crippen molar-refractivity contribution < 1.29 is 14.3 Å². The van der Waals surface area contributed by atoms with Gasteiger partial charge in [0, 0.05) is 46.2 Å². The van der Waals surface area contributed by atoms with E-state index in [1.54, 1.807) is 17.4 Å². The topological polar surface area (TPSA) is 61.9 Å². The number of thiocarbonyl (C=S) groups is 1. The number of carbonyl (C=O) groups is 2. The van der Waals surface area contributed by atoms with Crippen LogP contribution in [0.3, 0.4) is 0 Å². The Morgan fingerprint density at radius 1 is 1.03 bits per heavy atom. The molecule has 11 heteroatoms. The van der Waals surface area contributed by atoms with Crippen molar-refractivity contribution in [1.29, 1.82) is 0 Å². The highest BCUT2D eigenvalue weighted by atomic mass is 35.5. The summed E-state index contributed by atoms with van der Waals surface area (Å²) in [6, 6.07) is 5.46. The molecule has 1 N–H and O–H groups in total. The van der Waals surface area contributed by atoms with Gasteiger partial charge in [0.15, 0.2) is 5.11 Å². The molecule has 0 spiro atoms. The predicted molar refractivity (Wildman–Crippen MR) is 152 cm³/mol. The summed E-state index contributed by atoms with van der Waals surface area (Å²) in [5, 5.41) is 6.57. The third kappa shape index (κ3) is 4.96. The normalized spacial score (nSPS) is 16.0. The standard InChI is InChI=1S/C25H25Cl2N3O3S3/c1-33-24(32)19-15-5-3-2-4-6-17(15)36-22(19)28-25(34)30-11-9-29(10-12-30)23(31)21-20(27)16-8-7-14(26)13-18(16)35-21/h7-8,13H,2-6,9-12H2,1H3,(H,28,34). The van der Waals surface area contributed by atoms with Crippen LogP contribution in [0.4, 0.5) is 5.00 Å². The van der Waals surface area contributed by atoms with Gasteiger partial charge >= 0.3 is 5.97 Å². The van der Waals surface area contributed by atoms with Crippen LogP contribution in [-0.4, -0.2) is 60.1 Å². The van der Waals surface area contributed by atoms with Crippen molar-refractivity contribution in [2.45, 2.75) is 32.1 Å². The molecule has 2 aliphatic rings. The van der Waals surface area contributed by atoms with Crippen LogP contribution in [-0.2, 0) is 17.6 Å². The van der Waals surface area contributed by atoms with Gasteiger partial charge in [-0.05, 0) is 55.6 Å². The zero-order chi connectivity index (χ0) is 25.4. The van der Waals surface area contributed by atoms with Gasteiger partial charge in [0.05, 0.1) is 17.7 Å². The van der Waals surface area contributed by atoms with Crippen molar-refractivity contribution in [3.63, 3.8) is 0 Å². The average Bonchev–Trinajstić information content (AvgIpc) is 3.29. The van der Waals surface area contributed by atoms with E-state index in [1.807, 2.05) is 21.9 Å². The highest BCUT2D eigenvalue weighted by molar-refractivity contribution is 7.80. The second kappa shape index (κ2) is 10.8. The maximum atomic E-state index is 13.2. The molecule has 0 atom stereocenters. The Morgan fingerprint density at radius 2 is 1.75 bits per heavy atom. The van der Waals surface area contributed by atoms with E-state index in [-0.39, 0.29) is 11.9 Å². The third-order valence-corrected chi connectivity index (χ3v) is 10.1. The summed E-state index contributed by atoms with van der Waals surface area (Å²) < 4.78 is 6.00. The number of rotatable bonds is 3. The van der Waals surface area contributed by atoms with E-state index >= 15 is 0 Å². The summed E-state index contributed by atoms with van der Waals surface area (Å²) >= 11 is 21.3. The fourth-order valence-corrected chi connectivity index (χ4v) is 8.14. The Balaban J connectivity index is 1.26. The second-order valence-corrected chi connectivity index (χ2v) is 12.2. The lowest BCUT2D eigenvalue weighted by molar-refractivity contribution is 0.0600. The number of anilines is 1. The number of fused-ring (bicyclic) bond motifs is 2. The number of piperazine rings is 1. The van der Waals surface area contributed by atoms with Gasteiger partial charge in [-0.25, -0.2) is 4.79 Å². The smallest absolute Gasteiger partial charge is 0.341 e. The number of methoxy groups -OCH3 is 1. The van der Waals surface area contributed by atoms with Crippen LogP contribution in [0.2, 0.25) is 10.0 Å². The third-order valence-electron chi connectivity index (χ3n) is 6.67. The van der Waals surface area contributed by atoms with Crippen LogP contribution in [0.1, 0.15) is 49.7 Å². The fourth-order valence-electron chi connectivity index (χ4n) is 4.76. The molecular weight excluding hydrogens is 557 g/mol. The molecule has 36 heavy (non-hydrogen) atoms. The first-order valence-electron chi connectivity index (χ1n) is 11.8. The summed E-state index contributed by atoms with van der Waals surface area (Å²) in [6.45, 7) is 2.22. The number of nitrogens with one attached hydrogen (secondary N) is 1. The van der Waals surface area contributed by atoms with Gasteiger partial charge in [-0.2, -0.15) is 0 Å². The molecule has 6 nitrogen and oxygen atoms in total. The van der Waals surface area contributed by atoms with Crippen molar-refractivity contribution in [2.75, 3.05) is 38.6 Å². The lowest BCUT2D eigenvalue weighted by atomic mass is 10.1. The number of aryl methyl sites for hydroxylation is 1. The molecule has 190 valence electrons. The highest BCUT2D eigenvalue weighted by Crippen LogP contribution is 2.39. The van der Waals surface area contributed by atoms with Gasteiger partial charge in [0.25, 0.3) is 5.91 Å². The Kier molecular flexibility index (Phi) is 7.74. The largest absolute Gasteiger partial charge is 0.465 e. The van der Waals surface area contributed by atoms with Crippen LogP contribution < -0.4 is 5.32 Å². The summed E-state index contributed by atoms with van der Waals surface area (Å²) in [4.78, 5) is 31.5. The van der Waals surface area contributed by atoms with Gasteiger partial charge in [0.2, 0.25) is 0 Å². The van der Waals surface area contributed by atoms with Crippen molar-refractivity contribution in [2.24, 2.45) is 0 Å². The van der Waals surface area contributed by atoms with Gasteiger partial charge in [-0.15, -0.1) is 22.7 Å². The molecule has 0 saturated carbocycles. The second-order valence-electron chi connectivity index (χ2n) is 8.86. The van der Waals surface area contributed by atoms with Gasteiger partial charge in [-0.3, -0.25) is 4.79 Å². The molecular formula is C25H25Cl2N3O3S3. The minimum Gasteiger partial charge on any atom is -0.465 e. The molecule has 1 saturated heterocycles. The number of hydrogen-bond acceptors (Lipinski definition) is 6. The fraction of sp³-hybridized carbons (Fsp3) is 0.400. The number of amides is 1. The number of ether oxygens (including phenoxy) is 1. The van der Waals surface area contributed by atoms with E-state index < -0.39 is 0 Å². The Hall–Kier alpha value is -1.91. The van der Waals surface area contributed by atoms with E-state index in [1.165, 1.54) is 29.7 Å². The molecule has 0 radical (unpaired) electrons. The average molecular weight is 583 g/mol. The van der Waals surface area contributed by atoms with E-state index in [0.717, 1.165) is 46.3 Å². The number of halogens is 2. The summed E-state index contributed by atoms with van der Waals surface area (Å²) in [6.07, 6.45) is 5.24. The number of thiophene rings is 2. The van der Waals surface area contributed by atoms with Crippen LogP contribution in [0.25, 0.3) is 10.1 Å². The summed E-state index contributed by atoms with van der Waals surface area (Å²) in [7, 11) is 1.42. The number of hydrogen-bond donors (Lipinski definition) is 1. The molecule has 1 aliphatic carbocycles. The summed E-state index contributed by atoms with van der Waals surface area (Å²) in [5.41, 5.74) is 1.72. The molecule has 0 bridgehead atoms. The first kappa shape index (κ1) is 25.7. The van der Waals surface area contributed by atoms with Crippen molar-refractivity contribution in [3.8, 4) is 0 Å². The van der Waals surface area contributed by atoms with E-state index in [0.29, 0.717) is 51.8 Å². The van der Waals surface area contributed by atoms with Crippen molar-refractivity contribution in [3.05, 3.63) is 49.1 Å². The first-order valence-corrected chi connectivity index (χ1v) is 14.6. The zero-order valence-corrected chi connectivity index (χ0v) is 23.7. The van der Waals surface area contributed by atoms with Crippen molar-refractivity contribution >= 4 is 90.2 Å². The van der Waals surface area contributed by atoms with E-state index in [2.05, 4.69) is 5.32 Å². The van der Waals surface area contributed by atoms with E-state index in [9.17, 15) is 9.59 Å². The molecule has 5 rings (SSSR count). The maximum absolute atomic E-state index is 13.2. The molecule has 1 fully saturated rings. The van der Waals surface area contributed by atoms with E-state index in [4.69, 9.17) is 40.2 Å². The Morgan fingerprint density at radius 3 is 2.50 bits per heavy atom.